The van der Waals surface area contributed by atoms with Gasteiger partial charge >= 0.3 is 5.97 Å². The van der Waals surface area contributed by atoms with E-state index in [1.54, 1.807) is 6.08 Å². The zero-order valence-corrected chi connectivity index (χ0v) is 10.8. The largest absolute Gasteiger partial charge is 0.468 e. The Bertz CT molecular complexity index is 478. The average molecular weight is 247 g/mol. The van der Waals surface area contributed by atoms with E-state index in [9.17, 15) is 9.59 Å². The molecule has 0 heterocycles. The van der Waals surface area contributed by atoms with Crippen LogP contribution in [0.25, 0.3) is 6.08 Å². The van der Waals surface area contributed by atoms with Gasteiger partial charge < -0.3 is 10.1 Å². The van der Waals surface area contributed by atoms with E-state index in [1.807, 2.05) is 32.0 Å². The molecular formula is C14H17NO3. The third-order valence-corrected chi connectivity index (χ3v) is 2.47. The summed E-state index contributed by atoms with van der Waals surface area (Å²) in [6.07, 6.45) is 3.13. The lowest BCUT2D eigenvalue weighted by Gasteiger charge is -2.02. The van der Waals surface area contributed by atoms with Crippen LogP contribution in [0.3, 0.4) is 0 Å². The summed E-state index contributed by atoms with van der Waals surface area (Å²) < 4.78 is 4.42. The van der Waals surface area contributed by atoms with Crippen LogP contribution in [-0.2, 0) is 14.3 Å². The van der Waals surface area contributed by atoms with Gasteiger partial charge in [0.2, 0.25) is 5.91 Å². The Labute approximate surface area is 107 Å². The highest BCUT2D eigenvalue weighted by atomic mass is 16.5. The SMILES string of the molecule is COC(=O)CNC(=O)/C=C/c1ccc(C)cc1C. The van der Waals surface area contributed by atoms with Crippen LogP contribution in [0, 0.1) is 13.8 Å². The summed E-state index contributed by atoms with van der Waals surface area (Å²) in [5.74, 6) is -0.788. The van der Waals surface area contributed by atoms with E-state index in [0.717, 1.165) is 11.1 Å². The van der Waals surface area contributed by atoms with Crippen LogP contribution in [0.5, 0.6) is 0 Å². The zero-order valence-electron chi connectivity index (χ0n) is 10.8. The average Bonchev–Trinajstić information content (AvgIpc) is 2.34. The van der Waals surface area contributed by atoms with Crippen LogP contribution in [0.1, 0.15) is 16.7 Å². The standard InChI is InChI=1S/C14H17NO3/c1-10-4-5-12(11(2)8-10)6-7-13(16)15-9-14(17)18-3/h4-8H,9H2,1-3H3,(H,15,16)/b7-6+. The number of amides is 1. The number of hydrogen-bond acceptors (Lipinski definition) is 3. The smallest absolute Gasteiger partial charge is 0.325 e. The fraction of sp³-hybridized carbons (Fsp3) is 0.286. The Balaban J connectivity index is 2.58. The van der Waals surface area contributed by atoms with Crippen LogP contribution in [0.2, 0.25) is 0 Å². The van der Waals surface area contributed by atoms with Gasteiger partial charge in [-0.25, -0.2) is 0 Å². The molecule has 0 bridgehead atoms. The molecule has 0 spiro atoms. The molecule has 0 saturated heterocycles. The highest BCUT2D eigenvalue weighted by Crippen LogP contribution is 2.11. The maximum atomic E-state index is 11.4. The zero-order chi connectivity index (χ0) is 13.5. The lowest BCUT2D eigenvalue weighted by atomic mass is 10.1. The fourth-order valence-corrected chi connectivity index (χ4v) is 1.47. The van der Waals surface area contributed by atoms with Crippen LogP contribution >= 0.6 is 0 Å². The molecule has 1 aromatic carbocycles. The highest BCUT2D eigenvalue weighted by molar-refractivity contribution is 5.93. The molecule has 0 aliphatic carbocycles. The van der Waals surface area contributed by atoms with Crippen molar-refractivity contribution in [3.63, 3.8) is 0 Å². The quantitative estimate of drug-likeness (QED) is 0.649. The van der Waals surface area contributed by atoms with Gasteiger partial charge in [0, 0.05) is 6.08 Å². The Morgan fingerprint density at radius 2 is 2.06 bits per heavy atom. The summed E-state index contributed by atoms with van der Waals surface area (Å²) in [4.78, 5) is 22.2. The highest BCUT2D eigenvalue weighted by Gasteiger charge is 2.02. The minimum atomic E-state index is -0.469. The van der Waals surface area contributed by atoms with Crippen molar-refractivity contribution >= 4 is 18.0 Å². The van der Waals surface area contributed by atoms with E-state index >= 15 is 0 Å². The van der Waals surface area contributed by atoms with E-state index in [0.29, 0.717) is 0 Å². The monoisotopic (exact) mass is 247 g/mol. The van der Waals surface area contributed by atoms with Gasteiger partial charge in [-0.05, 0) is 31.1 Å². The van der Waals surface area contributed by atoms with E-state index in [2.05, 4.69) is 10.1 Å². The molecule has 4 nitrogen and oxygen atoms in total. The molecule has 0 saturated carbocycles. The molecule has 96 valence electrons. The Morgan fingerprint density at radius 1 is 1.33 bits per heavy atom. The molecule has 0 radical (unpaired) electrons. The molecule has 18 heavy (non-hydrogen) atoms. The first-order valence-electron chi connectivity index (χ1n) is 5.63. The Kier molecular flexibility index (Phi) is 5.11. The predicted octanol–water partition coefficient (Wildman–Crippen LogP) is 1.61. The van der Waals surface area contributed by atoms with Gasteiger partial charge in [-0.1, -0.05) is 23.8 Å². The van der Waals surface area contributed by atoms with Crippen LogP contribution in [-0.4, -0.2) is 25.5 Å². The summed E-state index contributed by atoms with van der Waals surface area (Å²) in [7, 11) is 1.28. The predicted molar refractivity (Wildman–Crippen MR) is 70.0 cm³/mol. The van der Waals surface area contributed by atoms with Crippen molar-refractivity contribution in [3.8, 4) is 0 Å². The van der Waals surface area contributed by atoms with Crippen LogP contribution < -0.4 is 5.32 Å². The molecule has 1 rings (SSSR count). The lowest BCUT2D eigenvalue weighted by molar-refractivity contribution is -0.140. The van der Waals surface area contributed by atoms with Crippen molar-refractivity contribution in [3.05, 3.63) is 41.0 Å². The second kappa shape index (κ2) is 6.59. The molecular weight excluding hydrogens is 230 g/mol. The second-order valence-corrected chi connectivity index (χ2v) is 3.99. The van der Waals surface area contributed by atoms with Gasteiger partial charge in [0.05, 0.1) is 7.11 Å². The third kappa shape index (κ3) is 4.41. The number of aryl methyl sites for hydroxylation is 2. The molecule has 0 aromatic heterocycles. The number of rotatable bonds is 4. The molecule has 4 heteroatoms. The summed E-state index contributed by atoms with van der Waals surface area (Å²) in [6, 6.07) is 5.99. The van der Waals surface area contributed by atoms with Gasteiger partial charge in [-0.15, -0.1) is 0 Å². The maximum Gasteiger partial charge on any atom is 0.325 e. The van der Waals surface area contributed by atoms with E-state index in [1.165, 1.54) is 18.7 Å². The van der Waals surface area contributed by atoms with Crippen molar-refractivity contribution in [1.29, 1.82) is 0 Å². The maximum absolute atomic E-state index is 11.4. The number of nitrogens with one attached hydrogen (secondary N) is 1. The second-order valence-electron chi connectivity index (χ2n) is 3.99. The first-order valence-corrected chi connectivity index (χ1v) is 5.63. The number of methoxy groups -OCH3 is 1. The van der Waals surface area contributed by atoms with E-state index < -0.39 is 5.97 Å². The molecule has 0 atom stereocenters. The molecule has 1 amide bonds. The van der Waals surface area contributed by atoms with Gasteiger partial charge in [-0.3, -0.25) is 9.59 Å². The lowest BCUT2D eigenvalue weighted by Crippen LogP contribution is -2.28. The molecule has 0 fully saturated rings. The fourth-order valence-electron chi connectivity index (χ4n) is 1.47. The van der Waals surface area contributed by atoms with Gasteiger partial charge in [0.15, 0.2) is 0 Å². The number of carbonyl (C=O) groups excluding carboxylic acids is 2. The van der Waals surface area contributed by atoms with Crippen molar-refractivity contribution in [2.45, 2.75) is 13.8 Å². The van der Waals surface area contributed by atoms with Gasteiger partial charge in [0.1, 0.15) is 6.54 Å². The van der Waals surface area contributed by atoms with Gasteiger partial charge in [0.25, 0.3) is 0 Å². The first kappa shape index (κ1) is 14.0. The van der Waals surface area contributed by atoms with Gasteiger partial charge in [-0.2, -0.15) is 0 Å². The molecule has 0 aliphatic rings. The van der Waals surface area contributed by atoms with Crippen LogP contribution in [0.4, 0.5) is 0 Å². The number of hydrogen-bond donors (Lipinski definition) is 1. The summed E-state index contributed by atoms with van der Waals surface area (Å²) in [6.45, 7) is 3.88. The molecule has 0 aliphatic heterocycles. The molecule has 0 unspecified atom stereocenters. The summed E-state index contributed by atoms with van der Waals surface area (Å²) in [5, 5.41) is 2.43. The summed E-state index contributed by atoms with van der Waals surface area (Å²) in [5.41, 5.74) is 3.26. The minimum absolute atomic E-state index is 0.118. The van der Waals surface area contributed by atoms with Crippen molar-refractivity contribution < 1.29 is 14.3 Å². The van der Waals surface area contributed by atoms with E-state index in [4.69, 9.17) is 0 Å². The normalized spacial score (nSPS) is 10.4. The number of benzene rings is 1. The number of ether oxygens (including phenoxy) is 1. The molecule has 1 N–H and O–H groups in total. The first-order chi connectivity index (χ1) is 8.52. The van der Waals surface area contributed by atoms with E-state index in [-0.39, 0.29) is 12.5 Å². The Hall–Kier alpha value is -2.10. The number of carbonyl (C=O) groups is 2. The number of esters is 1. The topological polar surface area (TPSA) is 55.4 Å². The summed E-state index contributed by atoms with van der Waals surface area (Å²) >= 11 is 0. The van der Waals surface area contributed by atoms with Crippen molar-refractivity contribution in [2.75, 3.05) is 13.7 Å². The third-order valence-electron chi connectivity index (χ3n) is 2.47. The van der Waals surface area contributed by atoms with Crippen LogP contribution in [0.15, 0.2) is 24.3 Å². The minimum Gasteiger partial charge on any atom is -0.468 e. The van der Waals surface area contributed by atoms with Crippen molar-refractivity contribution in [2.24, 2.45) is 0 Å². The van der Waals surface area contributed by atoms with Crippen molar-refractivity contribution in [1.82, 2.24) is 5.32 Å². The Morgan fingerprint density at radius 3 is 2.67 bits per heavy atom. The molecule has 1 aromatic rings.